The average Bonchev–Trinajstić information content (AvgIpc) is 2.19. The molecule has 1 saturated heterocycles. The van der Waals surface area contributed by atoms with Crippen molar-refractivity contribution in [3.8, 4) is 0 Å². The van der Waals surface area contributed by atoms with Crippen LogP contribution in [-0.2, 0) is 9.53 Å². The van der Waals surface area contributed by atoms with Crippen LogP contribution in [0.25, 0.3) is 0 Å². The van der Waals surface area contributed by atoms with E-state index in [1.54, 1.807) is 0 Å². The molecule has 0 aliphatic carbocycles. The second kappa shape index (κ2) is 5.05. The Morgan fingerprint density at radius 1 is 1.44 bits per heavy atom. The topological polar surface area (TPSA) is 50.4 Å². The number of carbonyl (C=O) groups excluding carboxylic acids is 1. The molecule has 1 heterocycles. The summed E-state index contributed by atoms with van der Waals surface area (Å²) in [5.41, 5.74) is 0.571. The van der Waals surface area contributed by atoms with Crippen LogP contribution in [0.4, 0.5) is 10.1 Å². The summed E-state index contributed by atoms with van der Waals surface area (Å²) in [7, 11) is 0. The summed E-state index contributed by atoms with van der Waals surface area (Å²) in [5, 5.41) is 5.66. The van der Waals surface area contributed by atoms with Crippen LogP contribution in [-0.4, -0.2) is 31.7 Å². The fourth-order valence-corrected chi connectivity index (χ4v) is 1.30. The zero-order valence-electron chi connectivity index (χ0n) is 8.70. The van der Waals surface area contributed by atoms with Crippen molar-refractivity contribution >= 4 is 11.6 Å². The predicted molar refractivity (Wildman–Crippen MR) is 57.6 cm³/mol. The van der Waals surface area contributed by atoms with E-state index in [9.17, 15) is 9.18 Å². The molecule has 2 rings (SSSR count). The van der Waals surface area contributed by atoms with Gasteiger partial charge in [-0.1, -0.05) is 0 Å². The molecule has 1 aromatic carbocycles. The lowest BCUT2D eigenvalue weighted by molar-refractivity contribution is -0.123. The van der Waals surface area contributed by atoms with E-state index in [-0.39, 0.29) is 24.4 Å². The first-order chi connectivity index (χ1) is 7.74. The van der Waals surface area contributed by atoms with Gasteiger partial charge in [-0.25, -0.2) is 4.39 Å². The number of carbonyl (C=O) groups is 1. The number of nitrogens with one attached hydrogen (secondary N) is 2. The van der Waals surface area contributed by atoms with E-state index in [1.165, 1.54) is 24.3 Å². The lowest BCUT2D eigenvalue weighted by atomic mass is 10.2. The van der Waals surface area contributed by atoms with E-state index >= 15 is 0 Å². The summed E-state index contributed by atoms with van der Waals surface area (Å²) in [6.07, 6.45) is 0.138. The quantitative estimate of drug-likeness (QED) is 0.793. The monoisotopic (exact) mass is 224 g/mol. The van der Waals surface area contributed by atoms with Gasteiger partial charge >= 0.3 is 0 Å². The fourth-order valence-electron chi connectivity index (χ4n) is 1.30. The van der Waals surface area contributed by atoms with Gasteiger partial charge in [-0.15, -0.1) is 0 Å². The maximum absolute atomic E-state index is 12.6. The largest absolute Gasteiger partial charge is 0.366 e. The standard InChI is InChI=1S/C11H13FN2O2/c12-8-1-3-9(4-2-8)14-11(15)7-16-10-5-13-6-10/h1-4,10,13H,5-7H2,(H,14,15). The summed E-state index contributed by atoms with van der Waals surface area (Å²) in [6.45, 7) is 1.62. The van der Waals surface area contributed by atoms with Gasteiger partial charge in [0.25, 0.3) is 0 Å². The molecule has 0 atom stereocenters. The van der Waals surface area contributed by atoms with Gasteiger partial charge in [-0.2, -0.15) is 0 Å². The van der Waals surface area contributed by atoms with Gasteiger partial charge in [0.15, 0.2) is 0 Å². The SMILES string of the molecule is O=C(COC1CNC1)Nc1ccc(F)cc1. The van der Waals surface area contributed by atoms with Gasteiger partial charge in [0.2, 0.25) is 5.91 Å². The Labute approximate surface area is 92.8 Å². The minimum absolute atomic E-state index is 0.0315. The highest BCUT2D eigenvalue weighted by Crippen LogP contribution is 2.08. The fraction of sp³-hybridized carbons (Fsp3) is 0.364. The van der Waals surface area contributed by atoms with Gasteiger partial charge in [0.05, 0.1) is 6.10 Å². The van der Waals surface area contributed by atoms with E-state index in [1.807, 2.05) is 0 Å². The third-order valence-corrected chi connectivity index (χ3v) is 2.32. The van der Waals surface area contributed by atoms with Crippen LogP contribution in [0, 0.1) is 5.82 Å². The van der Waals surface area contributed by atoms with E-state index in [0.29, 0.717) is 5.69 Å². The van der Waals surface area contributed by atoms with Crippen molar-refractivity contribution in [2.24, 2.45) is 0 Å². The first-order valence-corrected chi connectivity index (χ1v) is 5.12. The molecule has 1 aliphatic heterocycles. The molecule has 1 amide bonds. The predicted octanol–water partition coefficient (Wildman–Crippen LogP) is 0.753. The molecule has 4 nitrogen and oxygen atoms in total. The maximum Gasteiger partial charge on any atom is 0.250 e. The molecule has 0 unspecified atom stereocenters. The normalized spacial score (nSPS) is 15.6. The second-order valence-corrected chi connectivity index (χ2v) is 3.65. The molecule has 0 aromatic heterocycles. The van der Waals surface area contributed by atoms with Gasteiger partial charge < -0.3 is 15.4 Å². The molecule has 86 valence electrons. The third-order valence-electron chi connectivity index (χ3n) is 2.32. The summed E-state index contributed by atoms with van der Waals surface area (Å²) in [6, 6.07) is 5.62. The zero-order valence-corrected chi connectivity index (χ0v) is 8.70. The second-order valence-electron chi connectivity index (χ2n) is 3.65. The molecular formula is C11H13FN2O2. The summed E-state index contributed by atoms with van der Waals surface area (Å²) in [5.74, 6) is -0.548. The van der Waals surface area contributed by atoms with Gasteiger partial charge in [0, 0.05) is 18.8 Å². The van der Waals surface area contributed by atoms with Gasteiger partial charge in [0.1, 0.15) is 12.4 Å². The van der Waals surface area contributed by atoms with Crippen LogP contribution in [0.15, 0.2) is 24.3 Å². The van der Waals surface area contributed by atoms with Crippen molar-refractivity contribution < 1.29 is 13.9 Å². The summed E-state index contributed by atoms with van der Waals surface area (Å²) >= 11 is 0. The minimum Gasteiger partial charge on any atom is -0.366 e. The lowest BCUT2D eigenvalue weighted by Gasteiger charge is -2.26. The zero-order chi connectivity index (χ0) is 11.4. The first-order valence-electron chi connectivity index (χ1n) is 5.12. The highest BCUT2D eigenvalue weighted by molar-refractivity contribution is 5.91. The number of hydrogen-bond acceptors (Lipinski definition) is 3. The van der Waals surface area contributed by atoms with Crippen LogP contribution in [0.3, 0.4) is 0 Å². The highest BCUT2D eigenvalue weighted by atomic mass is 19.1. The van der Waals surface area contributed by atoms with Crippen molar-refractivity contribution in [1.82, 2.24) is 5.32 Å². The molecule has 1 fully saturated rings. The van der Waals surface area contributed by atoms with Crippen LogP contribution >= 0.6 is 0 Å². The number of rotatable bonds is 4. The number of halogens is 1. The third kappa shape index (κ3) is 3.01. The van der Waals surface area contributed by atoms with Crippen molar-refractivity contribution in [3.05, 3.63) is 30.1 Å². The van der Waals surface area contributed by atoms with Crippen LogP contribution < -0.4 is 10.6 Å². The minimum atomic E-state index is -0.324. The summed E-state index contributed by atoms with van der Waals surface area (Å²) in [4.78, 5) is 11.4. The van der Waals surface area contributed by atoms with Crippen molar-refractivity contribution in [3.63, 3.8) is 0 Å². The molecule has 16 heavy (non-hydrogen) atoms. The van der Waals surface area contributed by atoms with E-state index < -0.39 is 0 Å². The number of amides is 1. The van der Waals surface area contributed by atoms with Gasteiger partial charge in [-0.3, -0.25) is 4.79 Å². The highest BCUT2D eigenvalue weighted by Gasteiger charge is 2.18. The molecule has 0 saturated carbocycles. The Balaban J connectivity index is 1.75. The van der Waals surface area contributed by atoms with E-state index in [2.05, 4.69) is 10.6 Å². The Hall–Kier alpha value is -1.46. The Bertz CT molecular complexity index is 363. The van der Waals surface area contributed by atoms with Crippen molar-refractivity contribution in [2.45, 2.75) is 6.10 Å². The van der Waals surface area contributed by atoms with Crippen LogP contribution in [0.5, 0.6) is 0 Å². The van der Waals surface area contributed by atoms with Crippen molar-refractivity contribution in [2.75, 3.05) is 25.0 Å². The van der Waals surface area contributed by atoms with Crippen molar-refractivity contribution in [1.29, 1.82) is 0 Å². The molecule has 1 aromatic rings. The number of anilines is 1. The number of benzene rings is 1. The maximum atomic E-state index is 12.6. The Morgan fingerprint density at radius 2 is 2.12 bits per heavy atom. The number of ether oxygens (including phenoxy) is 1. The molecule has 2 N–H and O–H groups in total. The molecule has 0 bridgehead atoms. The van der Waals surface area contributed by atoms with Crippen LogP contribution in [0.1, 0.15) is 0 Å². The smallest absolute Gasteiger partial charge is 0.250 e. The number of hydrogen-bond donors (Lipinski definition) is 2. The Kier molecular flexibility index (Phi) is 3.48. The molecule has 1 aliphatic rings. The molecule has 0 spiro atoms. The molecule has 0 radical (unpaired) electrons. The van der Waals surface area contributed by atoms with Crippen LogP contribution in [0.2, 0.25) is 0 Å². The first kappa shape index (κ1) is 11.0. The van der Waals surface area contributed by atoms with E-state index in [4.69, 9.17) is 4.74 Å². The van der Waals surface area contributed by atoms with Gasteiger partial charge in [-0.05, 0) is 24.3 Å². The van der Waals surface area contributed by atoms with E-state index in [0.717, 1.165) is 13.1 Å². The molecule has 5 heteroatoms. The summed E-state index contributed by atoms with van der Waals surface area (Å²) < 4.78 is 17.9. The molecular weight excluding hydrogens is 211 g/mol. The Morgan fingerprint density at radius 3 is 2.69 bits per heavy atom. The average molecular weight is 224 g/mol. The lowest BCUT2D eigenvalue weighted by Crippen LogP contribution is -2.49.